The van der Waals surface area contributed by atoms with Crippen molar-refractivity contribution in [1.29, 1.82) is 0 Å². The van der Waals surface area contributed by atoms with Crippen LogP contribution in [-0.4, -0.2) is 64.6 Å². The zero-order valence-corrected chi connectivity index (χ0v) is 17.2. The minimum absolute atomic E-state index is 0.00923. The molecule has 4 rings (SSSR count). The summed E-state index contributed by atoms with van der Waals surface area (Å²) < 4.78 is 12.8. The van der Waals surface area contributed by atoms with Crippen molar-refractivity contribution in [1.82, 2.24) is 14.8 Å². The summed E-state index contributed by atoms with van der Waals surface area (Å²) in [5.74, 6) is 1.11. The molecular weight excluding hydrogens is 394 g/mol. The first-order valence-corrected chi connectivity index (χ1v) is 10.5. The number of ketones is 1. The molecule has 3 heterocycles. The van der Waals surface area contributed by atoms with Crippen molar-refractivity contribution < 1.29 is 19.1 Å². The molecule has 0 saturated carbocycles. The van der Waals surface area contributed by atoms with E-state index < -0.39 is 0 Å². The average molecular weight is 417 g/mol. The fourth-order valence-electron chi connectivity index (χ4n) is 3.32. The van der Waals surface area contributed by atoms with E-state index in [0.29, 0.717) is 41.9 Å². The third-order valence-corrected chi connectivity index (χ3v) is 5.94. The Kier molecular flexibility index (Phi) is 5.72. The summed E-state index contributed by atoms with van der Waals surface area (Å²) in [6.07, 6.45) is 0. The van der Waals surface area contributed by atoms with Crippen LogP contribution in [0.5, 0.6) is 5.75 Å². The maximum atomic E-state index is 13.0. The zero-order chi connectivity index (χ0) is 20.4. The van der Waals surface area contributed by atoms with Crippen LogP contribution in [-0.2, 0) is 16.1 Å². The summed E-state index contributed by atoms with van der Waals surface area (Å²) in [5, 5.41) is 11.8. The van der Waals surface area contributed by atoms with Crippen LogP contribution in [0.1, 0.15) is 24.2 Å². The van der Waals surface area contributed by atoms with Gasteiger partial charge in [-0.15, -0.1) is 10.2 Å². The summed E-state index contributed by atoms with van der Waals surface area (Å²) in [6, 6.07) is 5.10. The van der Waals surface area contributed by atoms with Gasteiger partial charge in [0.1, 0.15) is 5.75 Å². The lowest BCUT2D eigenvalue weighted by Crippen LogP contribution is -2.38. The van der Waals surface area contributed by atoms with E-state index in [2.05, 4.69) is 20.4 Å². The number of amides is 1. The van der Waals surface area contributed by atoms with Gasteiger partial charge in [-0.05, 0) is 32.0 Å². The largest absolute Gasteiger partial charge is 0.482 e. The number of nitrogens with zero attached hydrogens (tertiary/aromatic N) is 4. The Balaban J connectivity index is 1.50. The van der Waals surface area contributed by atoms with Gasteiger partial charge in [0.15, 0.2) is 17.5 Å². The number of Topliss-reactive ketones (excluding diaryl/α,β-unsaturated/α-hetero) is 1. The van der Waals surface area contributed by atoms with Gasteiger partial charge < -0.3 is 19.7 Å². The fraction of sp³-hybridized carbons (Fsp3) is 0.474. The highest BCUT2D eigenvalue weighted by Crippen LogP contribution is 2.32. The summed E-state index contributed by atoms with van der Waals surface area (Å²) >= 11 is 1.38. The average Bonchev–Trinajstić information content (AvgIpc) is 3.15. The lowest BCUT2D eigenvalue weighted by atomic mass is 10.1. The quantitative estimate of drug-likeness (QED) is 0.561. The number of aromatic nitrogens is 3. The molecule has 2 aliphatic heterocycles. The SMILES string of the molecule is CCn1c(SC(C)C(=O)c2ccc3c(c2)NC(=O)CO3)nnc1N1CCOCC1. The van der Waals surface area contributed by atoms with E-state index in [9.17, 15) is 9.59 Å². The Labute approximate surface area is 172 Å². The number of benzene rings is 1. The third-order valence-electron chi connectivity index (χ3n) is 4.86. The molecule has 1 saturated heterocycles. The number of ether oxygens (including phenoxy) is 2. The number of carbonyl (C=O) groups excluding carboxylic acids is 2. The zero-order valence-electron chi connectivity index (χ0n) is 16.4. The number of rotatable bonds is 6. The van der Waals surface area contributed by atoms with E-state index in [-0.39, 0.29) is 23.5 Å². The van der Waals surface area contributed by atoms with Crippen molar-refractivity contribution in [3.63, 3.8) is 0 Å². The van der Waals surface area contributed by atoms with Crippen molar-refractivity contribution >= 4 is 35.1 Å². The van der Waals surface area contributed by atoms with Gasteiger partial charge in [0.05, 0.1) is 24.2 Å². The lowest BCUT2D eigenvalue weighted by molar-refractivity contribution is -0.118. The fourth-order valence-corrected chi connectivity index (χ4v) is 4.31. The second-order valence-electron chi connectivity index (χ2n) is 6.80. The molecule has 1 aromatic carbocycles. The van der Waals surface area contributed by atoms with Crippen LogP contribution in [0.25, 0.3) is 0 Å². The van der Waals surface area contributed by atoms with E-state index in [1.807, 2.05) is 18.4 Å². The van der Waals surface area contributed by atoms with Crippen LogP contribution in [0.15, 0.2) is 23.4 Å². The van der Waals surface area contributed by atoms with E-state index in [1.54, 1.807) is 18.2 Å². The maximum Gasteiger partial charge on any atom is 0.262 e. The van der Waals surface area contributed by atoms with Gasteiger partial charge in [-0.2, -0.15) is 0 Å². The van der Waals surface area contributed by atoms with Crippen LogP contribution in [0.4, 0.5) is 11.6 Å². The number of nitrogens with one attached hydrogen (secondary N) is 1. The number of anilines is 2. The van der Waals surface area contributed by atoms with Crippen LogP contribution in [0.3, 0.4) is 0 Å². The second-order valence-corrected chi connectivity index (χ2v) is 8.11. The van der Waals surface area contributed by atoms with E-state index in [4.69, 9.17) is 9.47 Å². The Morgan fingerprint density at radius 3 is 2.86 bits per heavy atom. The summed E-state index contributed by atoms with van der Waals surface area (Å²) in [4.78, 5) is 26.7. The normalized spacial score (nSPS) is 17.3. The molecule has 1 N–H and O–H groups in total. The predicted octanol–water partition coefficient (Wildman–Crippen LogP) is 1.83. The summed E-state index contributed by atoms with van der Waals surface area (Å²) in [5.41, 5.74) is 1.04. The smallest absolute Gasteiger partial charge is 0.262 e. The minimum atomic E-state index is -0.361. The number of fused-ring (bicyclic) bond motifs is 1. The summed E-state index contributed by atoms with van der Waals surface area (Å²) in [7, 11) is 0. The molecule has 1 fully saturated rings. The van der Waals surface area contributed by atoms with Crippen LogP contribution >= 0.6 is 11.8 Å². The second kappa shape index (κ2) is 8.42. The molecule has 1 unspecified atom stereocenters. The molecule has 2 aromatic rings. The molecule has 10 heteroatoms. The number of hydrogen-bond acceptors (Lipinski definition) is 8. The van der Waals surface area contributed by atoms with E-state index >= 15 is 0 Å². The summed E-state index contributed by atoms with van der Waals surface area (Å²) in [6.45, 7) is 7.50. The molecular formula is C19H23N5O4S. The minimum Gasteiger partial charge on any atom is -0.482 e. The molecule has 0 aliphatic carbocycles. The Bertz CT molecular complexity index is 925. The molecule has 2 aliphatic rings. The third kappa shape index (κ3) is 4.08. The highest BCUT2D eigenvalue weighted by Gasteiger charge is 2.25. The number of hydrogen-bond donors (Lipinski definition) is 1. The van der Waals surface area contributed by atoms with E-state index in [0.717, 1.165) is 19.0 Å². The van der Waals surface area contributed by atoms with Gasteiger partial charge in [0, 0.05) is 25.2 Å². The van der Waals surface area contributed by atoms with Gasteiger partial charge >= 0.3 is 0 Å². The van der Waals surface area contributed by atoms with Crippen molar-refractivity contribution in [2.24, 2.45) is 0 Å². The molecule has 29 heavy (non-hydrogen) atoms. The van der Waals surface area contributed by atoms with Gasteiger partial charge in [0.2, 0.25) is 5.95 Å². The first-order chi connectivity index (χ1) is 14.1. The van der Waals surface area contributed by atoms with Crippen LogP contribution in [0.2, 0.25) is 0 Å². The van der Waals surface area contributed by atoms with Gasteiger partial charge in [-0.1, -0.05) is 11.8 Å². The number of thioether (sulfide) groups is 1. The predicted molar refractivity (Wildman–Crippen MR) is 109 cm³/mol. The first-order valence-electron chi connectivity index (χ1n) is 9.60. The first kappa shape index (κ1) is 19.7. The van der Waals surface area contributed by atoms with Crippen LogP contribution < -0.4 is 15.0 Å². The molecule has 154 valence electrons. The molecule has 0 spiro atoms. The maximum absolute atomic E-state index is 13.0. The molecule has 1 amide bonds. The molecule has 0 radical (unpaired) electrons. The molecule has 1 aromatic heterocycles. The highest BCUT2D eigenvalue weighted by molar-refractivity contribution is 8.00. The molecule has 0 bridgehead atoms. The standard InChI is InChI=1S/C19H23N5O4S/c1-3-24-18(23-6-8-27-9-7-23)21-22-19(24)29-12(2)17(26)13-4-5-15-14(10-13)20-16(25)11-28-15/h4-5,10,12H,3,6-9,11H2,1-2H3,(H,20,25). The van der Waals surface area contributed by atoms with Gasteiger partial charge in [-0.25, -0.2) is 0 Å². The van der Waals surface area contributed by atoms with Crippen molar-refractivity contribution in [3.8, 4) is 5.75 Å². The van der Waals surface area contributed by atoms with Crippen molar-refractivity contribution in [2.75, 3.05) is 43.1 Å². The molecule has 1 atom stereocenters. The Morgan fingerprint density at radius 1 is 1.31 bits per heavy atom. The van der Waals surface area contributed by atoms with Crippen molar-refractivity contribution in [2.45, 2.75) is 30.8 Å². The lowest BCUT2D eigenvalue weighted by Gasteiger charge is -2.27. The van der Waals surface area contributed by atoms with Crippen molar-refractivity contribution in [3.05, 3.63) is 23.8 Å². The van der Waals surface area contributed by atoms with Gasteiger partial charge in [-0.3, -0.25) is 14.2 Å². The molecule has 9 nitrogen and oxygen atoms in total. The Hall–Kier alpha value is -2.59. The topological polar surface area (TPSA) is 98.6 Å². The highest BCUT2D eigenvalue weighted by atomic mass is 32.2. The Morgan fingerprint density at radius 2 is 2.10 bits per heavy atom. The number of carbonyl (C=O) groups is 2. The number of morpholine rings is 1. The monoisotopic (exact) mass is 417 g/mol. The van der Waals surface area contributed by atoms with Gasteiger partial charge in [0.25, 0.3) is 5.91 Å². The van der Waals surface area contributed by atoms with E-state index in [1.165, 1.54) is 11.8 Å². The van der Waals surface area contributed by atoms with Crippen LogP contribution in [0, 0.1) is 0 Å².